The highest BCUT2D eigenvalue weighted by atomic mass is 32.2. The number of para-hydroxylation sites is 2. The van der Waals surface area contributed by atoms with Crippen LogP contribution in [-0.4, -0.2) is 24.2 Å². The van der Waals surface area contributed by atoms with E-state index >= 15 is 0 Å². The van der Waals surface area contributed by atoms with Crippen LogP contribution in [0.5, 0.6) is 0 Å². The Kier molecular flexibility index (Phi) is 4.44. The molecule has 6 nitrogen and oxygen atoms in total. The Morgan fingerprint density at radius 3 is 2.18 bits per heavy atom. The lowest BCUT2D eigenvalue weighted by Crippen LogP contribution is -2.23. The summed E-state index contributed by atoms with van der Waals surface area (Å²) in [6, 6.07) is 22.9. The predicted octanol–water partition coefficient (Wildman–Crippen LogP) is 3.53. The molecule has 0 aliphatic heterocycles. The number of anilines is 2. The van der Waals surface area contributed by atoms with E-state index in [-0.39, 0.29) is 15.8 Å². The second kappa shape index (κ2) is 6.94. The molecule has 4 rings (SSSR count). The van der Waals surface area contributed by atoms with E-state index in [4.69, 9.17) is 0 Å². The summed E-state index contributed by atoms with van der Waals surface area (Å²) >= 11 is 0. The number of benzene rings is 3. The number of hydrogen-bond donors (Lipinski definition) is 1. The summed E-state index contributed by atoms with van der Waals surface area (Å²) in [5.74, 6) is 0.349. The van der Waals surface area contributed by atoms with Gasteiger partial charge in [-0.2, -0.15) is 0 Å². The van der Waals surface area contributed by atoms with Gasteiger partial charge in [0.05, 0.1) is 21.5 Å². The molecule has 0 atom stereocenters. The fourth-order valence-corrected chi connectivity index (χ4v) is 3.59. The summed E-state index contributed by atoms with van der Waals surface area (Å²) < 4.78 is 25.3. The van der Waals surface area contributed by atoms with Crippen molar-refractivity contribution < 1.29 is 8.42 Å². The lowest BCUT2D eigenvalue weighted by atomic mass is 10.2. The standard InChI is InChI=1S/C21H17N3O3S/c1-28(26,27)17-12-13-19-18(14-17)20(25)24(16-10-6-3-7-11-16)21(23-19)22-15-8-4-2-5-9-15/h2-14H,1H3,(H,22,23). The molecular formula is C21H17N3O3S. The van der Waals surface area contributed by atoms with E-state index in [0.29, 0.717) is 17.2 Å². The normalized spacial score (nSPS) is 11.5. The van der Waals surface area contributed by atoms with Crippen molar-refractivity contribution in [3.63, 3.8) is 0 Å². The lowest BCUT2D eigenvalue weighted by molar-refractivity contribution is 0.602. The van der Waals surface area contributed by atoms with Crippen molar-refractivity contribution >= 4 is 32.4 Å². The van der Waals surface area contributed by atoms with Crippen LogP contribution < -0.4 is 10.9 Å². The first-order valence-corrected chi connectivity index (χ1v) is 10.5. The third kappa shape index (κ3) is 3.39. The van der Waals surface area contributed by atoms with Gasteiger partial charge in [-0.3, -0.25) is 4.79 Å². The van der Waals surface area contributed by atoms with Crippen LogP contribution in [0.4, 0.5) is 11.6 Å². The zero-order chi connectivity index (χ0) is 19.7. The molecule has 0 aliphatic carbocycles. The van der Waals surface area contributed by atoms with Crippen molar-refractivity contribution in [1.82, 2.24) is 9.55 Å². The van der Waals surface area contributed by atoms with Crippen molar-refractivity contribution in [2.75, 3.05) is 11.6 Å². The summed E-state index contributed by atoms with van der Waals surface area (Å²) in [6.45, 7) is 0. The molecule has 0 bridgehead atoms. The van der Waals surface area contributed by atoms with E-state index in [1.807, 2.05) is 48.5 Å². The van der Waals surface area contributed by atoms with E-state index < -0.39 is 9.84 Å². The van der Waals surface area contributed by atoms with E-state index in [1.165, 1.54) is 16.7 Å². The van der Waals surface area contributed by atoms with Gasteiger partial charge in [0, 0.05) is 11.9 Å². The first-order chi connectivity index (χ1) is 13.4. The molecule has 1 aromatic heterocycles. The summed E-state index contributed by atoms with van der Waals surface area (Å²) in [4.78, 5) is 18.0. The van der Waals surface area contributed by atoms with Gasteiger partial charge in [0.1, 0.15) is 0 Å². The van der Waals surface area contributed by atoms with Gasteiger partial charge in [-0.25, -0.2) is 18.0 Å². The van der Waals surface area contributed by atoms with E-state index in [2.05, 4.69) is 10.3 Å². The van der Waals surface area contributed by atoms with Gasteiger partial charge in [0.25, 0.3) is 5.56 Å². The summed E-state index contributed by atoms with van der Waals surface area (Å²) in [7, 11) is -3.44. The molecule has 4 aromatic rings. The summed E-state index contributed by atoms with van der Waals surface area (Å²) in [6.07, 6.45) is 1.11. The van der Waals surface area contributed by atoms with Crippen molar-refractivity contribution in [2.24, 2.45) is 0 Å². The molecule has 0 aliphatic rings. The maximum Gasteiger partial charge on any atom is 0.267 e. The molecule has 0 saturated heterocycles. The highest BCUT2D eigenvalue weighted by molar-refractivity contribution is 7.90. The van der Waals surface area contributed by atoms with Crippen LogP contribution in [-0.2, 0) is 9.84 Å². The third-order valence-corrected chi connectivity index (χ3v) is 5.42. The Hall–Kier alpha value is -3.45. The zero-order valence-electron chi connectivity index (χ0n) is 15.0. The SMILES string of the molecule is CS(=O)(=O)c1ccc2nc(Nc3ccccc3)n(-c3ccccc3)c(=O)c2c1. The molecule has 1 heterocycles. The molecule has 0 amide bonds. The number of sulfone groups is 1. The lowest BCUT2D eigenvalue weighted by Gasteiger charge is -2.15. The smallest absolute Gasteiger partial charge is 0.267 e. The Labute approximate surface area is 162 Å². The molecule has 0 radical (unpaired) electrons. The number of rotatable bonds is 4. The Balaban J connectivity index is 2.01. The van der Waals surface area contributed by atoms with Crippen LogP contribution in [0.2, 0.25) is 0 Å². The second-order valence-electron chi connectivity index (χ2n) is 6.35. The van der Waals surface area contributed by atoms with Crippen molar-refractivity contribution in [3.8, 4) is 5.69 Å². The van der Waals surface area contributed by atoms with Crippen molar-refractivity contribution in [1.29, 1.82) is 0 Å². The highest BCUT2D eigenvalue weighted by Gasteiger charge is 2.16. The van der Waals surface area contributed by atoms with Crippen LogP contribution >= 0.6 is 0 Å². The van der Waals surface area contributed by atoms with Gasteiger partial charge >= 0.3 is 0 Å². The van der Waals surface area contributed by atoms with Crippen LogP contribution in [0, 0.1) is 0 Å². The minimum Gasteiger partial charge on any atom is -0.325 e. The molecule has 0 unspecified atom stereocenters. The fourth-order valence-electron chi connectivity index (χ4n) is 2.95. The maximum absolute atomic E-state index is 13.3. The van der Waals surface area contributed by atoms with Gasteiger partial charge in [0.15, 0.2) is 9.84 Å². The third-order valence-electron chi connectivity index (χ3n) is 4.31. The predicted molar refractivity (Wildman–Crippen MR) is 110 cm³/mol. The average molecular weight is 391 g/mol. The number of nitrogens with zero attached hydrogens (tertiary/aromatic N) is 2. The quantitative estimate of drug-likeness (QED) is 0.576. The molecule has 140 valence electrons. The number of nitrogens with one attached hydrogen (secondary N) is 1. The van der Waals surface area contributed by atoms with Crippen LogP contribution in [0.1, 0.15) is 0 Å². The van der Waals surface area contributed by atoms with Crippen LogP contribution in [0.15, 0.2) is 88.6 Å². The molecular weight excluding hydrogens is 374 g/mol. The number of aromatic nitrogens is 2. The van der Waals surface area contributed by atoms with Gasteiger partial charge in [-0.15, -0.1) is 0 Å². The topological polar surface area (TPSA) is 81.1 Å². The molecule has 0 fully saturated rings. The minimum atomic E-state index is -3.44. The van der Waals surface area contributed by atoms with Gasteiger partial charge in [0.2, 0.25) is 5.95 Å². The first kappa shape index (κ1) is 17.9. The Morgan fingerprint density at radius 1 is 0.893 bits per heavy atom. The van der Waals surface area contributed by atoms with Crippen molar-refractivity contribution in [2.45, 2.75) is 4.90 Å². The highest BCUT2D eigenvalue weighted by Crippen LogP contribution is 2.22. The van der Waals surface area contributed by atoms with E-state index in [1.54, 1.807) is 18.2 Å². The molecule has 0 saturated carbocycles. The van der Waals surface area contributed by atoms with Crippen molar-refractivity contribution in [3.05, 3.63) is 89.2 Å². The van der Waals surface area contributed by atoms with E-state index in [9.17, 15) is 13.2 Å². The van der Waals surface area contributed by atoms with Gasteiger partial charge in [-0.1, -0.05) is 36.4 Å². The molecule has 3 aromatic carbocycles. The number of fused-ring (bicyclic) bond motifs is 1. The fraction of sp³-hybridized carbons (Fsp3) is 0.0476. The second-order valence-corrected chi connectivity index (χ2v) is 8.37. The summed E-state index contributed by atoms with van der Waals surface area (Å²) in [5.41, 5.74) is 1.49. The Bertz CT molecular complexity index is 1320. The first-order valence-electron chi connectivity index (χ1n) is 8.58. The van der Waals surface area contributed by atoms with E-state index in [0.717, 1.165) is 11.9 Å². The maximum atomic E-state index is 13.3. The summed E-state index contributed by atoms with van der Waals surface area (Å²) in [5, 5.41) is 3.42. The van der Waals surface area contributed by atoms with Crippen LogP contribution in [0.25, 0.3) is 16.6 Å². The average Bonchev–Trinajstić information content (AvgIpc) is 2.69. The molecule has 7 heteroatoms. The van der Waals surface area contributed by atoms with Crippen LogP contribution in [0.3, 0.4) is 0 Å². The molecule has 1 N–H and O–H groups in total. The molecule has 28 heavy (non-hydrogen) atoms. The van der Waals surface area contributed by atoms with Gasteiger partial charge in [-0.05, 0) is 42.5 Å². The minimum absolute atomic E-state index is 0.0854. The Morgan fingerprint density at radius 2 is 1.54 bits per heavy atom. The zero-order valence-corrected chi connectivity index (χ0v) is 15.8. The molecule has 0 spiro atoms. The monoisotopic (exact) mass is 391 g/mol. The largest absolute Gasteiger partial charge is 0.325 e. The number of hydrogen-bond acceptors (Lipinski definition) is 5. The van der Waals surface area contributed by atoms with Gasteiger partial charge < -0.3 is 5.32 Å².